The third-order valence-corrected chi connectivity index (χ3v) is 6.40. The van der Waals surface area contributed by atoms with E-state index in [0.717, 1.165) is 23.7 Å². The molecule has 4 heteroatoms. The Kier molecular flexibility index (Phi) is 2.80. The SMILES string of the molecule is Clc1ccc2c(c1)C1CCN3CCCC4CNCN2C1C43. The smallest absolute Gasteiger partial charge is 0.0686 e. The monoisotopic (exact) mass is 303 g/mol. The lowest BCUT2D eigenvalue weighted by molar-refractivity contribution is 0.0440. The number of nitrogens with zero attached hydrogens (tertiary/aromatic N) is 2. The zero-order chi connectivity index (χ0) is 14.0. The minimum absolute atomic E-state index is 0.660. The Morgan fingerprint density at radius 2 is 2.10 bits per heavy atom. The second-order valence-electron chi connectivity index (χ2n) is 7.10. The molecule has 4 aliphatic rings. The molecule has 0 radical (unpaired) electrons. The highest BCUT2D eigenvalue weighted by molar-refractivity contribution is 6.30. The van der Waals surface area contributed by atoms with E-state index in [4.69, 9.17) is 11.6 Å². The molecule has 0 saturated carbocycles. The average molecular weight is 304 g/mol. The summed E-state index contributed by atoms with van der Waals surface area (Å²) in [4.78, 5) is 5.42. The van der Waals surface area contributed by atoms with E-state index >= 15 is 0 Å². The zero-order valence-electron chi connectivity index (χ0n) is 12.3. The first kappa shape index (κ1) is 12.7. The van der Waals surface area contributed by atoms with E-state index in [1.165, 1.54) is 50.1 Å². The van der Waals surface area contributed by atoms with E-state index < -0.39 is 0 Å². The van der Waals surface area contributed by atoms with Crippen LogP contribution in [0.15, 0.2) is 18.2 Å². The number of hydrogen-bond acceptors (Lipinski definition) is 3. The molecular weight excluding hydrogens is 282 g/mol. The Labute approximate surface area is 131 Å². The van der Waals surface area contributed by atoms with Crippen LogP contribution in [0.4, 0.5) is 5.69 Å². The molecule has 0 amide bonds. The van der Waals surface area contributed by atoms with Crippen molar-refractivity contribution in [1.29, 1.82) is 0 Å². The summed E-state index contributed by atoms with van der Waals surface area (Å²) in [6.45, 7) is 4.75. The van der Waals surface area contributed by atoms with Crippen molar-refractivity contribution in [2.24, 2.45) is 5.92 Å². The molecule has 3 fully saturated rings. The normalized spacial score (nSPS) is 37.9. The Balaban J connectivity index is 1.63. The third-order valence-electron chi connectivity index (χ3n) is 6.16. The van der Waals surface area contributed by atoms with Gasteiger partial charge in [-0.1, -0.05) is 11.6 Å². The van der Waals surface area contributed by atoms with Gasteiger partial charge in [0.1, 0.15) is 0 Å². The number of fused-ring (bicyclic) bond motifs is 3. The number of piperidine rings is 2. The highest BCUT2D eigenvalue weighted by Gasteiger charge is 2.51. The lowest BCUT2D eigenvalue weighted by Gasteiger charge is -2.50. The summed E-state index contributed by atoms with van der Waals surface area (Å²) in [7, 11) is 0. The van der Waals surface area contributed by atoms with E-state index in [2.05, 4.69) is 33.3 Å². The van der Waals surface area contributed by atoms with Crippen molar-refractivity contribution in [3.63, 3.8) is 0 Å². The fourth-order valence-electron chi connectivity index (χ4n) is 5.41. The molecule has 0 spiro atoms. The van der Waals surface area contributed by atoms with Gasteiger partial charge in [0.15, 0.2) is 0 Å². The van der Waals surface area contributed by atoms with Gasteiger partial charge in [0, 0.05) is 29.2 Å². The maximum Gasteiger partial charge on any atom is 0.0686 e. The molecule has 4 heterocycles. The first-order valence-electron chi connectivity index (χ1n) is 8.34. The standard InChI is InChI=1S/C17H22ClN3/c18-12-3-4-15-14(8-12)13-5-7-20-6-1-2-11-9-19-10-21(15)17(13)16(11)20/h3-4,8,11,13,16-17,19H,1-2,5-7,9-10H2. The van der Waals surface area contributed by atoms with Gasteiger partial charge < -0.3 is 4.90 Å². The fraction of sp³-hybridized carbons (Fsp3) is 0.647. The highest BCUT2D eigenvalue weighted by Crippen LogP contribution is 2.50. The zero-order valence-corrected chi connectivity index (χ0v) is 13.0. The van der Waals surface area contributed by atoms with Gasteiger partial charge in [-0.15, -0.1) is 0 Å². The molecule has 4 aliphatic heterocycles. The van der Waals surface area contributed by atoms with E-state index in [0.29, 0.717) is 12.0 Å². The Bertz CT molecular complexity index is 575. The molecule has 4 atom stereocenters. The quantitative estimate of drug-likeness (QED) is 0.795. The summed E-state index contributed by atoms with van der Waals surface area (Å²) in [5.41, 5.74) is 2.93. The van der Waals surface area contributed by atoms with Crippen molar-refractivity contribution in [3.05, 3.63) is 28.8 Å². The van der Waals surface area contributed by atoms with Gasteiger partial charge in [-0.25, -0.2) is 0 Å². The number of halogens is 1. The molecule has 3 nitrogen and oxygen atoms in total. The molecule has 4 unspecified atom stereocenters. The first-order valence-corrected chi connectivity index (χ1v) is 8.71. The van der Waals surface area contributed by atoms with Crippen molar-refractivity contribution in [3.8, 4) is 0 Å². The molecular formula is C17H22ClN3. The molecule has 0 aliphatic carbocycles. The van der Waals surface area contributed by atoms with Crippen molar-refractivity contribution in [1.82, 2.24) is 10.2 Å². The first-order chi connectivity index (χ1) is 10.3. The van der Waals surface area contributed by atoms with Crippen molar-refractivity contribution < 1.29 is 0 Å². The van der Waals surface area contributed by atoms with Crippen LogP contribution in [-0.2, 0) is 0 Å². The van der Waals surface area contributed by atoms with Gasteiger partial charge in [0.2, 0.25) is 0 Å². The maximum atomic E-state index is 6.28. The summed E-state index contributed by atoms with van der Waals surface area (Å²) >= 11 is 6.28. The minimum Gasteiger partial charge on any atom is -0.353 e. The van der Waals surface area contributed by atoms with Gasteiger partial charge in [0.05, 0.1) is 12.7 Å². The van der Waals surface area contributed by atoms with Gasteiger partial charge in [0.25, 0.3) is 0 Å². The largest absolute Gasteiger partial charge is 0.353 e. The summed E-state index contributed by atoms with van der Waals surface area (Å²) in [6, 6.07) is 7.92. The number of hydrogen-bond donors (Lipinski definition) is 1. The van der Waals surface area contributed by atoms with Gasteiger partial charge >= 0.3 is 0 Å². The summed E-state index contributed by atoms with van der Waals surface area (Å²) in [5, 5.41) is 4.60. The molecule has 21 heavy (non-hydrogen) atoms. The van der Waals surface area contributed by atoms with Crippen molar-refractivity contribution in [2.75, 3.05) is 31.2 Å². The molecule has 0 aromatic heterocycles. The summed E-state index contributed by atoms with van der Waals surface area (Å²) in [5.74, 6) is 1.50. The van der Waals surface area contributed by atoms with Crippen LogP contribution in [0.5, 0.6) is 0 Å². The van der Waals surface area contributed by atoms with Crippen LogP contribution in [0, 0.1) is 5.92 Å². The predicted molar refractivity (Wildman–Crippen MR) is 86.0 cm³/mol. The van der Waals surface area contributed by atoms with Gasteiger partial charge in [-0.05, 0) is 62.0 Å². The van der Waals surface area contributed by atoms with Crippen LogP contribution in [0.1, 0.15) is 30.7 Å². The minimum atomic E-state index is 0.660. The van der Waals surface area contributed by atoms with Crippen LogP contribution in [0.25, 0.3) is 0 Å². The van der Waals surface area contributed by atoms with E-state index in [1.807, 2.05) is 0 Å². The molecule has 112 valence electrons. The van der Waals surface area contributed by atoms with Crippen molar-refractivity contribution in [2.45, 2.75) is 37.3 Å². The molecule has 0 bridgehead atoms. The second-order valence-corrected chi connectivity index (χ2v) is 7.54. The van der Waals surface area contributed by atoms with E-state index in [-0.39, 0.29) is 0 Å². The predicted octanol–water partition coefficient (Wildman–Crippen LogP) is 2.66. The number of nitrogens with one attached hydrogen (secondary N) is 1. The van der Waals surface area contributed by atoms with E-state index in [9.17, 15) is 0 Å². The lowest BCUT2D eigenvalue weighted by Crippen LogP contribution is -2.60. The average Bonchev–Trinajstić information content (AvgIpc) is 2.67. The lowest BCUT2D eigenvalue weighted by atomic mass is 9.75. The Morgan fingerprint density at radius 3 is 3.05 bits per heavy atom. The van der Waals surface area contributed by atoms with Gasteiger partial charge in [-0.2, -0.15) is 0 Å². The van der Waals surface area contributed by atoms with Crippen LogP contribution < -0.4 is 10.2 Å². The second kappa shape index (κ2) is 4.61. The van der Waals surface area contributed by atoms with Gasteiger partial charge in [-0.3, -0.25) is 10.2 Å². The number of rotatable bonds is 0. The van der Waals surface area contributed by atoms with Crippen LogP contribution >= 0.6 is 11.6 Å². The van der Waals surface area contributed by atoms with Crippen LogP contribution in [0.2, 0.25) is 5.02 Å². The topological polar surface area (TPSA) is 18.5 Å². The third kappa shape index (κ3) is 1.74. The van der Waals surface area contributed by atoms with Crippen molar-refractivity contribution >= 4 is 17.3 Å². The Hall–Kier alpha value is -0.770. The number of benzene rings is 1. The number of anilines is 1. The maximum absolute atomic E-state index is 6.28. The summed E-state index contributed by atoms with van der Waals surface area (Å²) in [6.07, 6.45) is 4.05. The van der Waals surface area contributed by atoms with Crippen LogP contribution in [0.3, 0.4) is 0 Å². The molecule has 5 rings (SSSR count). The molecule has 1 N–H and O–H groups in total. The molecule has 3 saturated heterocycles. The molecule has 1 aromatic rings. The van der Waals surface area contributed by atoms with Crippen LogP contribution in [-0.4, -0.2) is 43.3 Å². The Morgan fingerprint density at radius 1 is 1.14 bits per heavy atom. The summed E-state index contributed by atoms with van der Waals surface area (Å²) < 4.78 is 0. The van der Waals surface area contributed by atoms with E-state index in [1.54, 1.807) is 0 Å². The highest BCUT2D eigenvalue weighted by atomic mass is 35.5. The molecule has 1 aromatic carbocycles. The fourth-order valence-corrected chi connectivity index (χ4v) is 5.59.